The molecule has 1 aromatic rings. The van der Waals surface area contributed by atoms with Gasteiger partial charge in [-0.2, -0.15) is 0 Å². The van der Waals surface area contributed by atoms with Crippen molar-refractivity contribution < 1.29 is 22.3 Å². The molecule has 0 aromatic heterocycles. The molecular weight excluding hydrogens is 321 g/mol. The lowest BCUT2D eigenvalue weighted by atomic mass is 10.3. The SMILES string of the molecule is C=CCCO[C@H](C)C(=O)NS(=O)(=O)c1ccc(Cl)cc1F. The minimum Gasteiger partial charge on any atom is -0.368 e. The van der Waals surface area contributed by atoms with E-state index in [0.29, 0.717) is 6.42 Å². The fraction of sp³-hybridized carbons (Fsp3) is 0.308. The summed E-state index contributed by atoms with van der Waals surface area (Å²) in [5.74, 6) is -1.92. The molecule has 116 valence electrons. The minimum absolute atomic E-state index is 0.0545. The predicted molar refractivity (Wildman–Crippen MR) is 77.0 cm³/mol. The zero-order valence-electron chi connectivity index (χ0n) is 11.3. The van der Waals surface area contributed by atoms with E-state index in [4.69, 9.17) is 16.3 Å². The maximum Gasteiger partial charge on any atom is 0.267 e. The van der Waals surface area contributed by atoms with Crippen molar-refractivity contribution in [1.82, 2.24) is 4.72 Å². The van der Waals surface area contributed by atoms with Crippen molar-refractivity contribution in [3.8, 4) is 0 Å². The van der Waals surface area contributed by atoms with E-state index in [0.717, 1.165) is 12.1 Å². The molecule has 0 aliphatic rings. The summed E-state index contributed by atoms with van der Waals surface area (Å²) in [6, 6.07) is 3.05. The van der Waals surface area contributed by atoms with Crippen LogP contribution in [-0.2, 0) is 19.6 Å². The highest BCUT2D eigenvalue weighted by Gasteiger charge is 2.24. The molecule has 0 unspecified atom stereocenters. The smallest absolute Gasteiger partial charge is 0.267 e. The number of hydrogen-bond donors (Lipinski definition) is 1. The lowest BCUT2D eigenvalue weighted by molar-refractivity contribution is -0.129. The van der Waals surface area contributed by atoms with Gasteiger partial charge in [0.2, 0.25) is 0 Å². The molecule has 0 aliphatic heterocycles. The van der Waals surface area contributed by atoms with Crippen LogP contribution in [0.5, 0.6) is 0 Å². The Labute approximate surface area is 127 Å². The Morgan fingerprint density at radius 3 is 2.81 bits per heavy atom. The first kappa shape index (κ1) is 17.6. The van der Waals surface area contributed by atoms with Gasteiger partial charge in [0.1, 0.15) is 16.8 Å². The summed E-state index contributed by atoms with van der Waals surface area (Å²) in [5.41, 5.74) is 0. The van der Waals surface area contributed by atoms with Crippen molar-refractivity contribution in [2.75, 3.05) is 6.61 Å². The van der Waals surface area contributed by atoms with Crippen LogP contribution in [0.25, 0.3) is 0 Å². The van der Waals surface area contributed by atoms with Crippen LogP contribution in [0, 0.1) is 5.82 Å². The van der Waals surface area contributed by atoms with Crippen LogP contribution in [0.4, 0.5) is 4.39 Å². The third kappa shape index (κ3) is 5.11. The Bertz CT molecular complexity index is 633. The number of carbonyl (C=O) groups excluding carboxylic acids is 1. The van der Waals surface area contributed by atoms with Gasteiger partial charge < -0.3 is 4.74 Å². The summed E-state index contributed by atoms with van der Waals surface area (Å²) in [6.07, 6.45) is 1.13. The fourth-order valence-electron chi connectivity index (χ4n) is 1.37. The Morgan fingerprint density at radius 2 is 2.24 bits per heavy atom. The highest BCUT2D eigenvalue weighted by atomic mass is 35.5. The van der Waals surface area contributed by atoms with Crippen molar-refractivity contribution in [2.24, 2.45) is 0 Å². The molecule has 0 bridgehead atoms. The number of hydrogen-bond acceptors (Lipinski definition) is 4. The highest BCUT2D eigenvalue weighted by Crippen LogP contribution is 2.18. The van der Waals surface area contributed by atoms with Crippen LogP contribution < -0.4 is 4.72 Å². The van der Waals surface area contributed by atoms with E-state index in [1.807, 2.05) is 0 Å². The standard InChI is InChI=1S/C13H15ClFNO4S/c1-3-4-7-20-9(2)13(17)16-21(18,19)12-6-5-10(14)8-11(12)15/h3,5-6,8-9H,1,4,7H2,2H3,(H,16,17)/t9-/m1/s1. The van der Waals surface area contributed by atoms with Crippen LogP contribution in [0.1, 0.15) is 13.3 Å². The van der Waals surface area contributed by atoms with Gasteiger partial charge in [-0.25, -0.2) is 17.5 Å². The van der Waals surface area contributed by atoms with Crippen LogP contribution in [-0.4, -0.2) is 27.0 Å². The van der Waals surface area contributed by atoms with Gasteiger partial charge in [0.05, 0.1) is 6.61 Å². The second-order valence-electron chi connectivity index (χ2n) is 4.13. The van der Waals surface area contributed by atoms with Gasteiger partial charge in [-0.3, -0.25) is 4.79 Å². The van der Waals surface area contributed by atoms with Crippen LogP contribution in [0.15, 0.2) is 35.7 Å². The normalized spacial score (nSPS) is 12.7. The molecule has 0 fully saturated rings. The molecule has 0 saturated carbocycles. The first-order valence-corrected chi connectivity index (χ1v) is 7.88. The molecular formula is C13H15ClFNO4S. The highest BCUT2D eigenvalue weighted by molar-refractivity contribution is 7.90. The Balaban J connectivity index is 2.80. The summed E-state index contributed by atoms with van der Waals surface area (Å²) in [6.45, 7) is 5.11. The van der Waals surface area contributed by atoms with Gasteiger partial charge >= 0.3 is 0 Å². The molecule has 0 radical (unpaired) electrons. The number of carbonyl (C=O) groups is 1. The van der Waals surface area contributed by atoms with Crippen molar-refractivity contribution in [2.45, 2.75) is 24.3 Å². The number of benzene rings is 1. The predicted octanol–water partition coefficient (Wildman–Crippen LogP) is 2.27. The van der Waals surface area contributed by atoms with Gasteiger partial charge in [0.25, 0.3) is 15.9 Å². The summed E-state index contributed by atoms with van der Waals surface area (Å²) >= 11 is 5.54. The topological polar surface area (TPSA) is 72.5 Å². The molecule has 0 saturated heterocycles. The molecule has 1 atom stereocenters. The molecule has 0 aliphatic carbocycles. The van der Waals surface area contributed by atoms with Crippen LogP contribution in [0.3, 0.4) is 0 Å². The first-order valence-electron chi connectivity index (χ1n) is 6.02. The van der Waals surface area contributed by atoms with Crippen molar-refractivity contribution >= 4 is 27.5 Å². The monoisotopic (exact) mass is 335 g/mol. The Morgan fingerprint density at radius 1 is 1.57 bits per heavy atom. The van der Waals surface area contributed by atoms with E-state index in [1.54, 1.807) is 10.8 Å². The van der Waals surface area contributed by atoms with E-state index < -0.39 is 32.7 Å². The largest absolute Gasteiger partial charge is 0.368 e. The molecule has 0 spiro atoms. The zero-order chi connectivity index (χ0) is 16.0. The zero-order valence-corrected chi connectivity index (χ0v) is 12.9. The summed E-state index contributed by atoms with van der Waals surface area (Å²) in [5, 5.41) is 0.0545. The molecule has 1 N–H and O–H groups in total. The van der Waals surface area contributed by atoms with E-state index in [1.165, 1.54) is 13.0 Å². The van der Waals surface area contributed by atoms with Crippen molar-refractivity contribution in [3.05, 3.63) is 41.7 Å². The lowest BCUT2D eigenvalue weighted by Gasteiger charge is -2.13. The third-order valence-corrected chi connectivity index (χ3v) is 4.09. The minimum atomic E-state index is -4.32. The van der Waals surface area contributed by atoms with Crippen molar-refractivity contribution in [3.63, 3.8) is 0 Å². The first-order chi connectivity index (χ1) is 9.77. The third-order valence-electron chi connectivity index (χ3n) is 2.48. The maximum atomic E-state index is 13.6. The Hall–Kier alpha value is -1.44. The van der Waals surface area contributed by atoms with Gasteiger partial charge in [-0.05, 0) is 31.5 Å². The van der Waals surface area contributed by atoms with E-state index in [9.17, 15) is 17.6 Å². The lowest BCUT2D eigenvalue weighted by Crippen LogP contribution is -2.39. The van der Waals surface area contributed by atoms with Gasteiger partial charge in [0, 0.05) is 5.02 Å². The molecule has 21 heavy (non-hydrogen) atoms. The van der Waals surface area contributed by atoms with Gasteiger partial charge in [-0.15, -0.1) is 6.58 Å². The number of amides is 1. The molecule has 1 rings (SSSR count). The average molecular weight is 336 g/mol. The fourth-order valence-corrected chi connectivity index (χ4v) is 2.63. The molecule has 5 nitrogen and oxygen atoms in total. The molecule has 8 heteroatoms. The van der Waals surface area contributed by atoms with Crippen LogP contribution >= 0.6 is 11.6 Å². The Kier molecular flexibility index (Phi) is 6.32. The summed E-state index contributed by atoms with van der Waals surface area (Å²) < 4.78 is 44.3. The quantitative estimate of drug-likeness (QED) is 0.613. The van der Waals surface area contributed by atoms with Crippen molar-refractivity contribution in [1.29, 1.82) is 0 Å². The van der Waals surface area contributed by atoms with Gasteiger partial charge in [-0.1, -0.05) is 17.7 Å². The second kappa shape index (κ2) is 7.53. The number of nitrogens with one attached hydrogen (secondary N) is 1. The average Bonchev–Trinajstić information content (AvgIpc) is 2.37. The maximum absolute atomic E-state index is 13.6. The molecule has 1 amide bonds. The number of sulfonamides is 1. The van der Waals surface area contributed by atoms with E-state index >= 15 is 0 Å². The van der Waals surface area contributed by atoms with E-state index in [2.05, 4.69) is 6.58 Å². The summed E-state index contributed by atoms with van der Waals surface area (Å²) in [7, 11) is -4.32. The number of ether oxygens (including phenoxy) is 1. The summed E-state index contributed by atoms with van der Waals surface area (Å²) in [4.78, 5) is 11.1. The van der Waals surface area contributed by atoms with Crippen LogP contribution in [0.2, 0.25) is 5.02 Å². The molecule has 1 aromatic carbocycles. The second-order valence-corrected chi connectivity index (χ2v) is 6.22. The van der Waals surface area contributed by atoms with E-state index in [-0.39, 0.29) is 11.6 Å². The molecule has 0 heterocycles. The number of halogens is 2. The number of rotatable bonds is 7. The van der Waals surface area contributed by atoms with Gasteiger partial charge in [0.15, 0.2) is 0 Å².